The highest BCUT2D eigenvalue weighted by molar-refractivity contribution is 5.68. The molecule has 0 unspecified atom stereocenters. The van der Waals surface area contributed by atoms with Gasteiger partial charge in [-0.2, -0.15) is 0 Å². The zero-order chi connectivity index (χ0) is 16.3. The van der Waals surface area contributed by atoms with Gasteiger partial charge in [-0.1, -0.05) is 12.1 Å². The summed E-state index contributed by atoms with van der Waals surface area (Å²) in [7, 11) is 0. The van der Waals surface area contributed by atoms with E-state index < -0.39 is 5.60 Å². The minimum Gasteiger partial charge on any atom is -0.444 e. The van der Waals surface area contributed by atoms with E-state index >= 15 is 0 Å². The van der Waals surface area contributed by atoms with Crippen LogP contribution in [0.4, 0.5) is 9.18 Å². The third-order valence-corrected chi connectivity index (χ3v) is 3.86. The molecule has 1 aliphatic rings. The lowest BCUT2D eigenvalue weighted by atomic mass is 9.87. The van der Waals surface area contributed by atoms with E-state index in [2.05, 4.69) is 0 Å². The molecule has 0 radical (unpaired) electrons. The number of likely N-dealkylation sites (tertiary alicyclic amines) is 1. The Balaban J connectivity index is 1.98. The van der Waals surface area contributed by atoms with E-state index in [1.165, 1.54) is 12.1 Å². The minimum atomic E-state index is -0.497. The molecule has 1 saturated heterocycles. The predicted octanol–water partition coefficient (Wildman–Crippen LogP) is 2.95. The number of hydrogen-bond donors (Lipinski definition) is 1. The Labute approximate surface area is 131 Å². The second-order valence-corrected chi connectivity index (χ2v) is 6.97. The van der Waals surface area contributed by atoms with Crippen LogP contribution in [0, 0.1) is 11.7 Å². The minimum absolute atomic E-state index is 0.0451. The van der Waals surface area contributed by atoms with Gasteiger partial charge in [0.05, 0.1) is 0 Å². The molecule has 0 aliphatic carbocycles. The molecule has 1 amide bonds. The van der Waals surface area contributed by atoms with Gasteiger partial charge in [0.2, 0.25) is 0 Å². The molecule has 1 aromatic rings. The summed E-state index contributed by atoms with van der Waals surface area (Å²) in [6.45, 7) is 6.77. The topological polar surface area (TPSA) is 55.6 Å². The van der Waals surface area contributed by atoms with Gasteiger partial charge in [-0.15, -0.1) is 0 Å². The van der Waals surface area contributed by atoms with E-state index in [9.17, 15) is 9.18 Å². The number of carbonyl (C=O) groups excluding carboxylic acids is 1. The van der Waals surface area contributed by atoms with Crippen molar-refractivity contribution in [1.82, 2.24) is 4.90 Å². The largest absolute Gasteiger partial charge is 0.444 e. The van der Waals surface area contributed by atoms with Crippen LogP contribution in [0.3, 0.4) is 0 Å². The maximum Gasteiger partial charge on any atom is 0.410 e. The SMILES string of the molecule is CC(C)(C)OC(=O)N1CC[C@@H](N)[C@@H](Cc2ccc(F)cc2)C1. The van der Waals surface area contributed by atoms with E-state index in [0.717, 1.165) is 18.4 Å². The summed E-state index contributed by atoms with van der Waals surface area (Å²) in [5.74, 6) is -0.0844. The van der Waals surface area contributed by atoms with Gasteiger partial charge in [0.25, 0.3) is 0 Å². The molecular formula is C17H25FN2O2. The van der Waals surface area contributed by atoms with Crippen LogP contribution in [0.2, 0.25) is 0 Å². The standard InChI is InChI=1S/C17H25FN2O2/c1-17(2,3)22-16(21)20-9-8-15(19)13(11-20)10-12-4-6-14(18)7-5-12/h4-7,13,15H,8-11,19H2,1-3H3/t13-,15+/m0/s1. The van der Waals surface area contributed by atoms with Crippen molar-refractivity contribution >= 4 is 6.09 Å². The predicted molar refractivity (Wildman–Crippen MR) is 84.0 cm³/mol. The van der Waals surface area contributed by atoms with Crippen molar-refractivity contribution in [2.75, 3.05) is 13.1 Å². The summed E-state index contributed by atoms with van der Waals surface area (Å²) in [6, 6.07) is 6.50. The van der Waals surface area contributed by atoms with Crippen LogP contribution in [-0.2, 0) is 11.2 Å². The summed E-state index contributed by atoms with van der Waals surface area (Å²) in [5.41, 5.74) is 6.73. The maximum atomic E-state index is 13.0. The number of amides is 1. The van der Waals surface area contributed by atoms with Gasteiger partial charge in [0, 0.05) is 19.1 Å². The van der Waals surface area contributed by atoms with Crippen LogP contribution >= 0.6 is 0 Å². The van der Waals surface area contributed by atoms with Crippen LogP contribution in [-0.4, -0.2) is 35.7 Å². The Morgan fingerprint density at radius 3 is 2.59 bits per heavy atom. The molecular weight excluding hydrogens is 283 g/mol. The Kier molecular flexibility index (Phi) is 5.06. The number of rotatable bonds is 2. The molecule has 2 atom stereocenters. The van der Waals surface area contributed by atoms with E-state index in [1.54, 1.807) is 17.0 Å². The quantitative estimate of drug-likeness (QED) is 0.914. The molecule has 0 bridgehead atoms. The van der Waals surface area contributed by atoms with Crippen molar-refractivity contribution in [3.8, 4) is 0 Å². The maximum absolute atomic E-state index is 13.0. The summed E-state index contributed by atoms with van der Waals surface area (Å²) in [6.07, 6.45) is 1.20. The number of hydrogen-bond acceptors (Lipinski definition) is 3. The first-order chi connectivity index (χ1) is 10.2. The fourth-order valence-corrected chi connectivity index (χ4v) is 2.68. The number of nitrogens with two attached hydrogens (primary N) is 1. The van der Waals surface area contributed by atoms with Crippen molar-refractivity contribution in [2.24, 2.45) is 11.7 Å². The van der Waals surface area contributed by atoms with Crippen LogP contribution in [0.15, 0.2) is 24.3 Å². The van der Waals surface area contributed by atoms with E-state index in [0.29, 0.717) is 13.1 Å². The molecule has 22 heavy (non-hydrogen) atoms. The van der Waals surface area contributed by atoms with Gasteiger partial charge in [-0.25, -0.2) is 9.18 Å². The Hall–Kier alpha value is -1.62. The molecule has 1 aliphatic heterocycles. The average Bonchev–Trinajstić information content (AvgIpc) is 2.41. The molecule has 0 spiro atoms. The summed E-state index contributed by atoms with van der Waals surface area (Å²) < 4.78 is 18.4. The third-order valence-electron chi connectivity index (χ3n) is 3.86. The highest BCUT2D eigenvalue weighted by Crippen LogP contribution is 2.22. The number of ether oxygens (including phenoxy) is 1. The van der Waals surface area contributed by atoms with E-state index in [1.807, 2.05) is 20.8 Å². The Bertz CT molecular complexity index is 510. The number of halogens is 1. The zero-order valence-corrected chi connectivity index (χ0v) is 13.5. The molecule has 1 fully saturated rings. The molecule has 4 nitrogen and oxygen atoms in total. The first kappa shape index (κ1) is 16.7. The fraction of sp³-hybridized carbons (Fsp3) is 0.588. The smallest absolute Gasteiger partial charge is 0.410 e. The van der Waals surface area contributed by atoms with Crippen molar-refractivity contribution in [2.45, 2.75) is 45.3 Å². The molecule has 0 saturated carbocycles. The third kappa shape index (κ3) is 4.70. The summed E-state index contributed by atoms with van der Waals surface area (Å²) in [5, 5.41) is 0. The molecule has 5 heteroatoms. The number of carbonyl (C=O) groups is 1. The van der Waals surface area contributed by atoms with E-state index in [4.69, 9.17) is 10.5 Å². The zero-order valence-electron chi connectivity index (χ0n) is 13.5. The second-order valence-electron chi connectivity index (χ2n) is 6.97. The number of piperidine rings is 1. The number of benzene rings is 1. The molecule has 1 aromatic carbocycles. The summed E-state index contributed by atoms with van der Waals surface area (Å²) in [4.78, 5) is 13.9. The fourth-order valence-electron chi connectivity index (χ4n) is 2.68. The van der Waals surface area contributed by atoms with Crippen LogP contribution < -0.4 is 5.73 Å². The molecule has 2 N–H and O–H groups in total. The lowest BCUT2D eigenvalue weighted by molar-refractivity contribution is 0.0148. The van der Waals surface area contributed by atoms with Gasteiger partial charge < -0.3 is 15.4 Å². The van der Waals surface area contributed by atoms with Gasteiger partial charge in [0.1, 0.15) is 11.4 Å². The van der Waals surface area contributed by atoms with Crippen LogP contribution in [0.5, 0.6) is 0 Å². The lowest BCUT2D eigenvalue weighted by Gasteiger charge is -2.37. The normalized spacial score (nSPS) is 22.5. The van der Waals surface area contributed by atoms with Crippen LogP contribution in [0.25, 0.3) is 0 Å². The first-order valence-electron chi connectivity index (χ1n) is 7.72. The van der Waals surface area contributed by atoms with Crippen molar-refractivity contribution in [3.05, 3.63) is 35.6 Å². The van der Waals surface area contributed by atoms with Gasteiger partial charge >= 0.3 is 6.09 Å². The van der Waals surface area contributed by atoms with E-state index in [-0.39, 0.29) is 23.9 Å². The molecule has 122 valence electrons. The molecule has 0 aromatic heterocycles. The summed E-state index contributed by atoms with van der Waals surface area (Å²) >= 11 is 0. The Morgan fingerprint density at radius 2 is 2.00 bits per heavy atom. The van der Waals surface area contributed by atoms with Gasteiger partial charge in [0.15, 0.2) is 0 Å². The van der Waals surface area contributed by atoms with Crippen molar-refractivity contribution in [1.29, 1.82) is 0 Å². The van der Waals surface area contributed by atoms with Crippen LogP contribution in [0.1, 0.15) is 32.8 Å². The second kappa shape index (κ2) is 6.65. The first-order valence-corrected chi connectivity index (χ1v) is 7.72. The highest BCUT2D eigenvalue weighted by Gasteiger charge is 2.31. The van der Waals surface area contributed by atoms with Crippen molar-refractivity contribution in [3.63, 3.8) is 0 Å². The Morgan fingerprint density at radius 1 is 1.36 bits per heavy atom. The lowest BCUT2D eigenvalue weighted by Crippen LogP contribution is -2.51. The van der Waals surface area contributed by atoms with Gasteiger partial charge in [-0.3, -0.25) is 0 Å². The average molecular weight is 308 g/mol. The van der Waals surface area contributed by atoms with Crippen molar-refractivity contribution < 1.29 is 13.9 Å². The number of nitrogens with zero attached hydrogens (tertiary/aromatic N) is 1. The highest BCUT2D eigenvalue weighted by atomic mass is 19.1. The van der Waals surface area contributed by atoms with Gasteiger partial charge in [-0.05, 0) is 57.2 Å². The molecule has 1 heterocycles. The molecule has 2 rings (SSSR count). The monoisotopic (exact) mass is 308 g/mol.